The SMILES string of the molecule is COc1ccc(NC(=O)CN(CCc2ccccc2)S(C)(=O)=O)cc1Cl. The van der Waals surface area contributed by atoms with Crippen LogP contribution in [0.25, 0.3) is 0 Å². The van der Waals surface area contributed by atoms with Gasteiger partial charge in [0, 0.05) is 12.2 Å². The molecule has 140 valence electrons. The molecule has 0 saturated heterocycles. The maximum Gasteiger partial charge on any atom is 0.239 e. The fourth-order valence-corrected chi connectivity index (χ4v) is 3.40. The van der Waals surface area contributed by atoms with Crippen LogP contribution in [-0.2, 0) is 21.2 Å². The zero-order valence-electron chi connectivity index (χ0n) is 14.6. The van der Waals surface area contributed by atoms with Crippen LogP contribution in [0.15, 0.2) is 48.5 Å². The topological polar surface area (TPSA) is 75.7 Å². The monoisotopic (exact) mass is 396 g/mol. The Morgan fingerprint density at radius 1 is 1.19 bits per heavy atom. The average Bonchev–Trinajstić information content (AvgIpc) is 2.58. The molecule has 0 spiro atoms. The summed E-state index contributed by atoms with van der Waals surface area (Å²) in [6, 6.07) is 14.3. The van der Waals surface area contributed by atoms with Crippen LogP contribution >= 0.6 is 11.6 Å². The molecule has 2 aromatic carbocycles. The molecule has 0 aliphatic carbocycles. The van der Waals surface area contributed by atoms with Crippen LogP contribution in [0.2, 0.25) is 5.02 Å². The summed E-state index contributed by atoms with van der Waals surface area (Å²) in [5.41, 5.74) is 1.47. The standard InChI is InChI=1S/C18H21ClN2O4S/c1-25-17-9-8-15(12-16(17)19)20-18(22)13-21(26(2,23)24)11-10-14-6-4-3-5-7-14/h3-9,12H,10-11,13H2,1-2H3,(H,20,22). The molecule has 6 nitrogen and oxygen atoms in total. The number of nitrogens with one attached hydrogen (secondary N) is 1. The lowest BCUT2D eigenvalue weighted by Crippen LogP contribution is -2.38. The van der Waals surface area contributed by atoms with E-state index >= 15 is 0 Å². The van der Waals surface area contributed by atoms with Crippen LogP contribution in [0.3, 0.4) is 0 Å². The maximum atomic E-state index is 12.3. The van der Waals surface area contributed by atoms with Crippen LogP contribution in [0.1, 0.15) is 5.56 Å². The van der Waals surface area contributed by atoms with E-state index in [0.29, 0.717) is 22.9 Å². The second-order valence-corrected chi connectivity index (χ2v) is 8.12. The van der Waals surface area contributed by atoms with Crippen molar-refractivity contribution in [3.63, 3.8) is 0 Å². The van der Waals surface area contributed by atoms with Crippen molar-refractivity contribution in [1.82, 2.24) is 4.31 Å². The predicted octanol–water partition coefficient (Wildman–Crippen LogP) is 2.79. The van der Waals surface area contributed by atoms with Gasteiger partial charge in [-0.15, -0.1) is 0 Å². The summed E-state index contributed by atoms with van der Waals surface area (Å²) in [6.45, 7) is -0.0467. The molecule has 0 bridgehead atoms. The summed E-state index contributed by atoms with van der Waals surface area (Å²) >= 11 is 6.03. The number of hydrogen-bond acceptors (Lipinski definition) is 4. The summed E-state index contributed by atoms with van der Waals surface area (Å²) in [6.07, 6.45) is 1.62. The van der Waals surface area contributed by atoms with E-state index in [1.807, 2.05) is 30.3 Å². The Bertz CT molecular complexity index is 857. The third kappa shape index (κ3) is 6.01. The molecule has 2 rings (SSSR count). The van der Waals surface area contributed by atoms with Crippen LogP contribution in [-0.4, -0.2) is 45.1 Å². The van der Waals surface area contributed by atoms with Crippen molar-refractivity contribution in [1.29, 1.82) is 0 Å². The zero-order chi connectivity index (χ0) is 19.2. The fraction of sp³-hybridized carbons (Fsp3) is 0.278. The van der Waals surface area contributed by atoms with E-state index in [2.05, 4.69) is 5.32 Å². The zero-order valence-corrected chi connectivity index (χ0v) is 16.2. The molecule has 8 heteroatoms. The fourth-order valence-electron chi connectivity index (χ4n) is 2.37. The molecule has 0 saturated carbocycles. The minimum absolute atomic E-state index is 0.222. The first-order chi connectivity index (χ1) is 12.3. The normalized spacial score (nSPS) is 11.4. The van der Waals surface area contributed by atoms with Gasteiger partial charge in [0.05, 0.1) is 24.9 Å². The van der Waals surface area contributed by atoms with Crippen LogP contribution in [0, 0.1) is 0 Å². The summed E-state index contributed by atoms with van der Waals surface area (Å²) in [5.74, 6) is 0.0509. The first kappa shape index (κ1) is 20.2. The van der Waals surface area contributed by atoms with Gasteiger partial charge in [-0.05, 0) is 30.2 Å². The summed E-state index contributed by atoms with van der Waals surface area (Å²) in [5, 5.41) is 3.01. The molecule has 0 atom stereocenters. The predicted molar refractivity (Wildman–Crippen MR) is 103 cm³/mol. The number of nitrogens with zero attached hydrogens (tertiary/aromatic N) is 1. The van der Waals surface area contributed by atoms with Gasteiger partial charge in [-0.25, -0.2) is 8.42 Å². The van der Waals surface area contributed by atoms with Crippen molar-refractivity contribution < 1.29 is 17.9 Å². The molecular formula is C18H21ClN2O4S. The minimum atomic E-state index is -3.51. The van der Waals surface area contributed by atoms with Gasteiger partial charge >= 0.3 is 0 Å². The van der Waals surface area contributed by atoms with E-state index in [4.69, 9.17) is 16.3 Å². The van der Waals surface area contributed by atoms with Gasteiger partial charge in [0.1, 0.15) is 5.75 Å². The molecule has 0 aliphatic rings. The first-order valence-electron chi connectivity index (χ1n) is 7.92. The average molecular weight is 397 g/mol. The van der Waals surface area contributed by atoms with Crippen molar-refractivity contribution in [3.8, 4) is 5.75 Å². The van der Waals surface area contributed by atoms with Gasteiger partial charge in [0.2, 0.25) is 15.9 Å². The number of hydrogen-bond donors (Lipinski definition) is 1. The molecule has 0 radical (unpaired) electrons. The molecule has 2 aromatic rings. The number of rotatable bonds is 8. The van der Waals surface area contributed by atoms with Gasteiger partial charge in [-0.2, -0.15) is 4.31 Å². The van der Waals surface area contributed by atoms with Gasteiger partial charge in [0.15, 0.2) is 0 Å². The number of anilines is 1. The Balaban J connectivity index is 2.01. The van der Waals surface area contributed by atoms with Crippen LogP contribution in [0.4, 0.5) is 5.69 Å². The third-order valence-electron chi connectivity index (χ3n) is 3.72. The minimum Gasteiger partial charge on any atom is -0.495 e. The lowest BCUT2D eigenvalue weighted by Gasteiger charge is -2.19. The highest BCUT2D eigenvalue weighted by Crippen LogP contribution is 2.27. The Morgan fingerprint density at radius 2 is 1.88 bits per heavy atom. The Hall–Kier alpha value is -2.09. The molecule has 1 N–H and O–H groups in total. The molecule has 0 fully saturated rings. The largest absolute Gasteiger partial charge is 0.495 e. The van der Waals surface area contributed by atoms with Gasteiger partial charge in [0.25, 0.3) is 0 Å². The van der Waals surface area contributed by atoms with Gasteiger partial charge < -0.3 is 10.1 Å². The number of benzene rings is 2. The van der Waals surface area contributed by atoms with Crippen molar-refractivity contribution in [2.24, 2.45) is 0 Å². The Kier molecular flexibility index (Phi) is 7.02. The quantitative estimate of drug-likeness (QED) is 0.744. The number of halogens is 1. The number of carbonyl (C=O) groups excluding carboxylic acids is 1. The lowest BCUT2D eigenvalue weighted by molar-refractivity contribution is -0.116. The summed E-state index contributed by atoms with van der Waals surface area (Å²) in [4.78, 5) is 12.3. The second-order valence-electron chi connectivity index (χ2n) is 5.73. The molecule has 0 aromatic heterocycles. The van der Waals surface area contributed by atoms with E-state index in [-0.39, 0.29) is 13.1 Å². The summed E-state index contributed by atoms with van der Waals surface area (Å²) < 4.78 is 30.2. The van der Waals surface area contributed by atoms with E-state index in [1.165, 1.54) is 7.11 Å². The molecule has 0 unspecified atom stereocenters. The Labute approximate surface area is 158 Å². The number of sulfonamides is 1. The number of carbonyl (C=O) groups is 1. The van der Waals surface area contributed by atoms with Crippen molar-refractivity contribution in [3.05, 3.63) is 59.1 Å². The highest BCUT2D eigenvalue weighted by molar-refractivity contribution is 7.88. The van der Waals surface area contributed by atoms with Crippen molar-refractivity contribution >= 4 is 33.2 Å². The highest BCUT2D eigenvalue weighted by atomic mass is 35.5. The van der Waals surface area contributed by atoms with E-state index < -0.39 is 15.9 Å². The van der Waals surface area contributed by atoms with E-state index in [1.54, 1.807) is 18.2 Å². The second kappa shape index (κ2) is 9.02. The molecule has 26 heavy (non-hydrogen) atoms. The molecule has 0 heterocycles. The highest BCUT2D eigenvalue weighted by Gasteiger charge is 2.20. The number of ether oxygens (including phenoxy) is 1. The number of amides is 1. The molecular weight excluding hydrogens is 376 g/mol. The van der Waals surface area contributed by atoms with Crippen molar-refractivity contribution in [2.75, 3.05) is 31.8 Å². The lowest BCUT2D eigenvalue weighted by atomic mass is 10.1. The number of methoxy groups -OCH3 is 1. The van der Waals surface area contributed by atoms with Gasteiger partial charge in [-0.1, -0.05) is 41.9 Å². The first-order valence-corrected chi connectivity index (χ1v) is 10.1. The Morgan fingerprint density at radius 3 is 2.46 bits per heavy atom. The van der Waals surface area contributed by atoms with Crippen LogP contribution < -0.4 is 10.1 Å². The maximum absolute atomic E-state index is 12.3. The smallest absolute Gasteiger partial charge is 0.239 e. The van der Waals surface area contributed by atoms with Crippen molar-refractivity contribution in [2.45, 2.75) is 6.42 Å². The van der Waals surface area contributed by atoms with E-state index in [9.17, 15) is 13.2 Å². The molecule has 1 amide bonds. The van der Waals surface area contributed by atoms with E-state index in [0.717, 1.165) is 16.1 Å². The van der Waals surface area contributed by atoms with Crippen LogP contribution in [0.5, 0.6) is 5.75 Å². The molecule has 0 aliphatic heterocycles. The third-order valence-corrected chi connectivity index (χ3v) is 5.26. The summed E-state index contributed by atoms with van der Waals surface area (Å²) in [7, 11) is -2.02. The van der Waals surface area contributed by atoms with Gasteiger partial charge in [-0.3, -0.25) is 4.79 Å².